The zero-order chi connectivity index (χ0) is 18.5. The van der Waals surface area contributed by atoms with Gasteiger partial charge < -0.3 is 24.5 Å². The number of anilines is 1. The van der Waals surface area contributed by atoms with E-state index >= 15 is 0 Å². The molecule has 2 aliphatic heterocycles. The van der Waals surface area contributed by atoms with E-state index in [4.69, 9.17) is 14.9 Å². The summed E-state index contributed by atoms with van der Waals surface area (Å²) in [7, 11) is 0. The summed E-state index contributed by atoms with van der Waals surface area (Å²) in [5.41, 5.74) is 1.07. The van der Waals surface area contributed by atoms with Crippen molar-refractivity contribution in [1.82, 2.24) is 9.97 Å². The Bertz CT molecular complexity index is 1200. The van der Waals surface area contributed by atoms with Crippen molar-refractivity contribution >= 4 is 28.0 Å². The second-order valence-corrected chi connectivity index (χ2v) is 6.23. The normalized spacial score (nSPS) is 15.9. The number of hydrogen-bond acceptors (Lipinski definition) is 6. The number of ether oxygens (including phenoxy) is 2. The molecule has 0 amide bonds. The van der Waals surface area contributed by atoms with E-state index < -0.39 is 0 Å². The number of nitrogens with zero attached hydrogens (tertiary/aromatic N) is 2. The van der Waals surface area contributed by atoms with Gasteiger partial charge in [0.05, 0.1) is 23.0 Å². The second-order valence-electron chi connectivity index (χ2n) is 6.23. The molecule has 3 heterocycles. The molecule has 8 nitrogen and oxygen atoms in total. The lowest BCUT2D eigenvalue weighted by Gasteiger charge is -2.19. The zero-order valence-corrected chi connectivity index (χ0v) is 14.0. The highest BCUT2D eigenvalue weighted by molar-refractivity contribution is 6.30. The second kappa shape index (κ2) is 5.60. The summed E-state index contributed by atoms with van der Waals surface area (Å²) in [6, 6.07) is 12.2. The van der Waals surface area contributed by atoms with Crippen LogP contribution in [0.2, 0.25) is 0 Å². The van der Waals surface area contributed by atoms with Crippen molar-refractivity contribution < 1.29 is 14.6 Å². The van der Waals surface area contributed by atoms with Gasteiger partial charge in [-0.05, 0) is 24.3 Å². The standard InChI is InChI=1S/C19H14N4O4/c20-17-16(18-21-12-4-2-1-3-11(12)19(25)22-18)13(24)8-23(17)10-5-6-14-15(7-10)27-9-26-14/h1-7,20,24H,8-9H2,(H,21,22,25). The number of benzene rings is 2. The first-order valence-electron chi connectivity index (χ1n) is 8.29. The summed E-state index contributed by atoms with van der Waals surface area (Å²) in [6.07, 6.45) is 0. The van der Waals surface area contributed by atoms with Crippen molar-refractivity contribution in [3.63, 3.8) is 0 Å². The maximum Gasteiger partial charge on any atom is 0.259 e. The van der Waals surface area contributed by atoms with Crippen molar-refractivity contribution in [3.05, 3.63) is 64.4 Å². The zero-order valence-electron chi connectivity index (χ0n) is 14.0. The summed E-state index contributed by atoms with van der Waals surface area (Å²) in [6.45, 7) is 0.261. The van der Waals surface area contributed by atoms with Crippen molar-refractivity contribution in [3.8, 4) is 11.5 Å². The van der Waals surface area contributed by atoms with Gasteiger partial charge in [-0.1, -0.05) is 12.1 Å². The van der Waals surface area contributed by atoms with Crippen LogP contribution < -0.4 is 19.9 Å². The molecule has 27 heavy (non-hydrogen) atoms. The van der Waals surface area contributed by atoms with Crippen LogP contribution in [0.5, 0.6) is 11.5 Å². The molecule has 0 saturated carbocycles. The number of aromatic amines is 1. The molecule has 1 aromatic heterocycles. The number of aromatic nitrogens is 2. The van der Waals surface area contributed by atoms with Gasteiger partial charge in [0.15, 0.2) is 11.5 Å². The van der Waals surface area contributed by atoms with Crippen LogP contribution in [-0.2, 0) is 0 Å². The Morgan fingerprint density at radius 3 is 2.85 bits per heavy atom. The highest BCUT2D eigenvalue weighted by Gasteiger charge is 2.32. The maximum atomic E-state index is 12.3. The van der Waals surface area contributed by atoms with Crippen LogP contribution in [0.4, 0.5) is 5.69 Å². The third-order valence-electron chi connectivity index (χ3n) is 4.62. The lowest BCUT2D eigenvalue weighted by Crippen LogP contribution is -2.26. The predicted molar refractivity (Wildman–Crippen MR) is 99.6 cm³/mol. The average molecular weight is 362 g/mol. The lowest BCUT2D eigenvalue weighted by atomic mass is 10.2. The largest absolute Gasteiger partial charge is 0.509 e. The molecule has 2 aromatic carbocycles. The first-order valence-corrected chi connectivity index (χ1v) is 8.29. The monoisotopic (exact) mass is 362 g/mol. The van der Waals surface area contributed by atoms with E-state index in [1.54, 1.807) is 47.4 Å². The minimum Gasteiger partial charge on any atom is -0.509 e. The average Bonchev–Trinajstić information content (AvgIpc) is 3.25. The number of aliphatic hydroxyl groups excluding tert-OH is 1. The number of para-hydroxylation sites is 1. The molecule has 0 saturated heterocycles. The maximum absolute atomic E-state index is 12.3. The minimum absolute atomic E-state index is 0.0314. The first kappa shape index (κ1) is 15.4. The number of aliphatic hydroxyl groups is 1. The van der Waals surface area contributed by atoms with Gasteiger partial charge in [0, 0.05) is 11.8 Å². The van der Waals surface area contributed by atoms with Crippen molar-refractivity contribution in [2.24, 2.45) is 0 Å². The molecule has 0 aliphatic carbocycles. The topological polar surface area (TPSA) is 112 Å². The molecule has 134 valence electrons. The highest BCUT2D eigenvalue weighted by atomic mass is 16.7. The van der Waals surface area contributed by atoms with Crippen molar-refractivity contribution in [2.45, 2.75) is 0 Å². The van der Waals surface area contributed by atoms with Crippen LogP contribution in [0, 0.1) is 5.41 Å². The van der Waals surface area contributed by atoms with Gasteiger partial charge in [0.25, 0.3) is 5.56 Å². The molecular weight excluding hydrogens is 348 g/mol. The van der Waals surface area contributed by atoms with Gasteiger partial charge >= 0.3 is 0 Å². The molecule has 5 rings (SSSR count). The minimum atomic E-state index is -0.315. The fourth-order valence-corrected chi connectivity index (χ4v) is 3.31. The Morgan fingerprint density at radius 2 is 1.96 bits per heavy atom. The van der Waals surface area contributed by atoms with Gasteiger partial charge in [-0.15, -0.1) is 0 Å². The van der Waals surface area contributed by atoms with E-state index in [1.807, 2.05) is 0 Å². The number of fused-ring (bicyclic) bond motifs is 2. The molecule has 0 fully saturated rings. The Morgan fingerprint density at radius 1 is 1.15 bits per heavy atom. The highest BCUT2D eigenvalue weighted by Crippen LogP contribution is 2.38. The Balaban J connectivity index is 1.55. The first-order chi connectivity index (χ1) is 13.1. The number of hydrogen-bond donors (Lipinski definition) is 3. The number of rotatable bonds is 2. The molecule has 0 unspecified atom stereocenters. The summed E-state index contributed by atoms with van der Waals surface area (Å²) in [5.74, 6) is 1.42. The number of H-pyrrole nitrogens is 1. The summed E-state index contributed by atoms with van der Waals surface area (Å²) < 4.78 is 10.7. The Kier molecular flexibility index (Phi) is 3.20. The van der Waals surface area contributed by atoms with E-state index in [-0.39, 0.29) is 41.9 Å². The van der Waals surface area contributed by atoms with Crippen LogP contribution in [-0.4, -0.2) is 34.2 Å². The number of nitrogens with one attached hydrogen (secondary N) is 2. The van der Waals surface area contributed by atoms with E-state index in [9.17, 15) is 9.90 Å². The van der Waals surface area contributed by atoms with Crippen LogP contribution in [0.1, 0.15) is 5.82 Å². The molecule has 2 aliphatic rings. The SMILES string of the molecule is N=C1C(c2nc3ccccc3c(=O)[nH]2)=C(O)CN1c1ccc2c(c1)OCO2. The number of amidine groups is 1. The van der Waals surface area contributed by atoms with Gasteiger partial charge in [0.2, 0.25) is 6.79 Å². The molecular formula is C19H14N4O4. The summed E-state index contributed by atoms with van der Waals surface area (Å²) in [5, 5.41) is 19.5. The van der Waals surface area contributed by atoms with E-state index in [2.05, 4.69) is 9.97 Å². The quantitative estimate of drug-likeness (QED) is 0.645. The molecule has 0 radical (unpaired) electrons. The third kappa shape index (κ3) is 2.34. The Hall–Kier alpha value is -3.81. The summed E-state index contributed by atoms with van der Waals surface area (Å²) >= 11 is 0. The van der Waals surface area contributed by atoms with Crippen LogP contribution in [0.15, 0.2) is 53.0 Å². The molecule has 0 bridgehead atoms. The molecule has 0 atom stereocenters. The fourth-order valence-electron chi connectivity index (χ4n) is 3.31. The van der Waals surface area contributed by atoms with Gasteiger partial charge in [-0.25, -0.2) is 4.98 Å². The molecule has 3 N–H and O–H groups in total. The van der Waals surface area contributed by atoms with Crippen LogP contribution in [0.25, 0.3) is 16.5 Å². The Labute approximate surface area is 152 Å². The molecule has 0 spiro atoms. The smallest absolute Gasteiger partial charge is 0.259 e. The van der Waals surface area contributed by atoms with Gasteiger partial charge in [0.1, 0.15) is 17.4 Å². The third-order valence-corrected chi connectivity index (χ3v) is 4.62. The molecule has 8 heteroatoms. The van der Waals surface area contributed by atoms with Crippen LogP contribution >= 0.6 is 0 Å². The summed E-state index contributed by atoms with van der Waals surface area (Å²) in [4.78, 5) is 21.0. The predicted octanol–water partition coefficient (Wildman–Crippen LogP) is 2.42. The van der Waals surface area contributed by atoms with E-state index in [0.717, 1.165) is 0 Å². The van der Waals surface area contributed by atoms with Crippen molar-refractivity contribution in [2.75, 3.05) is 18.2 Å². The van der Waals surface area contributed by atoms with Crippen LogP contribution in [0.3, 0.4) is 0 Å². The molecule has 3 aromatic rings. The fraction of sp³-hybridized carbons (Fsp3) is 0.105. The van der Waals surface area contributed by atoms with Gasteiger partial charge in [-0.2, -0.15) is 0 Å². The lowest BCUT2D eigenvalue weighted by molar-refractivity contribution is 0.174. The van der Waals surface area contributed by atoms with Gasteiger partial charge in [-0.3, -0.25) is 10.2 Å². The van der Waals surface area contributed by atoms with Crippen molar-refractivity contribution in [1.29, 1.82) is 5.41 Å². The van der Waals surface area contributed by atoms with E-state index in [0.29, 0.717) is 28.1 Å². The van der Waals surface area contributed by atoms with E-state index in [1.165, 1.54) is 0 Å².